The Labute approximate surface area is 242 Å². The van der Waals surface area contributed by atoms with Crippen molar-refractivity contribution in [1.29, 1.82) is 0 Å². The van der Waals surface area contributed by atoms with Gasteiger partial charge in [0.15, 0.2) is 0 Å². The van der Waals surface area contributed by atoms with Crippen molar-refractivity contribution in [1.82, 2.24) is 20.0 Å². The summed E-state index contributed by atoms with van der Waals surface area (Å²) >= 11 is 13.2. The summed E-state index contributed by atoms with van der Waals surface area (Å²) < 4.78 is 30.0. The number of sulfonamides is 1. The number of nitrogens with zero attached hydrogens (tertiary/aromatic N) is 1. The molecule has 0 radical (unpaired) electrons. The molecule has 1 aliphatic carbocycles. The van der Waals surface area contributed by atoms with Crippen LogP contribution >= 0.6 is 34.5 Å². The third-order valence-electron chi connectivity index (χ3n) is 7.60. The van der Waals surface area contributed by atoms with Crippen LogP contribution in [0.15, 0.2) is 65.8 Å². The molecule has 39 heavy (non-hydrogen) atoms. The highest BCUT2D eigenvalue weighted by Gasteiger charge is 2.42. The van der Waals surface area contributed by atoms with Crippen molar-refractivity contribution in [3.05, 3.63) is 80.9 Å². The molecular weight excluding hydrogens is 575 g/mol. The number of nitrogens with one attached hydrogen (secondary N) is 3. The molecule has 1 atom stereocenters. The minimum absolute atomic E-state index is 0.0404. The van der Waals surface area contributed by atoms with Crippen molar-refractivity contribution >= 4 is 61.4 Å². The molecule has 3 aromatic heterocycles. The monoisotopic (exact) mass is 604 g/mol. The Morgan fingerprint density at radius 3 is 2.56 bits per heavy atom. The molecule has 206 valence electrons. The van der Waals surface area contributed by atoms with Gasteiger partial charge in [0.1, 0.15) is 14.8 Å². The van der Waals surface area contributed by atoms with E-state index in [0.29, 0.717) is 6.54 Å². The second-order valence-corrected chi connectivity index (χ2v) is 14.3. The number of hydrogen-bond donors (Lipinski definition) is 3. The van der Waals surface area contributed by atoms with Crippen LogP contribution in [-0.2, 0) is 26.7 Å². The molecular formula is C28H30Cl2N4O3S2. The Hall–Kier alpha value is -2.43. The first-order chi connectivity index (χ1) is 18.6. The number of H-pyrrole nitrogens is 1. The highest BCUT2D eigenvalue weighted by Crippen LogP contribution is 2.38. The lowest BCUT2D eigenvalue weighted by molar-refractivity contribution is -0.126. The number of pyridine rings is 1. The van der Waals surface area contributed by atoms with Crippen LogP contribution in [0.3, 0.4) is 0 Å². The number of para-hydroxylation sites is 1. The number of carbonyl (C=O) groups excluding carboxylic acids is 1. The first kappa shape index (κ1) is 28.1. The van der Waals surface area contributed by atoms with Crippen LogP contribution in [0.5, 0.6) is 0 Å². The van der Waals surface area contributed by atoms with Crippen molar-refractivity contribution in [3.63, 3.8) is 0 Å². The van der Waals surface area contributed by atoms with Gasteiger partial charge in [0.05, 0.1) is 4.34 Å². The van der Waals surface area contributed by atoms with E-state index < -0.39 is 21.5 Å². The Kier molecular flexibility index (Phi) is 8.08. The van der Waals surface area contributed by atoms with Crippen molar-refractivity contribution in [2.45, 2.75) is 61.3 Å². The number of fused-ring (bicyclic) bond motifs is 1. The minimum atomic E-state index is -4.18. The van der Waals surface area contributed by atoms with Crippen LogP contribution in [0, 0.1) is 0 Å². The lowest BCUT2D eigenvalue weighted by Gasteiger charge is -2.38. The Balaban J connectivity index is 1.47. The van der Waals surface area contributed by atoms with E-state index in [2.05, 4.69) is 20.0 Å². The van der Waals surface area contributed by atoms with Crippen LogP contribution in [0.2, 0.25) is 8.67 Å². The van der Waals surface area contributed by atoms with Gasteiger partial charge in [0.2, 0.25) is 15.9 Å². The molecule has 1 aromatic carbocycles. The highest BCUT2D eigenvalue weighted by atomic mass is 35.5. The van der Waals surface area contributed by atoms with E-state index in [0.717, 1.165) is 65.6 Å². The molecule has 0 unspecified atom stereocenters. The largest absolute Gasteiger partial charge is 0.361 e. The Morgan fingerprint density at radius 1 is 1.13 bits per heavy atom. The van der Waals surface area contributed by atoms with Gasteiger partial charge in [-0.1, -0.05) is 66.7 Å². The van der Waals surface area contributed by atoms with Gasteiger partial charge < -0.3 is 10.3 Å². The van der Waals surface area contributed by atoms with E-state index in [1.807, 2.05) is 48.7 Å². The molecule has 11 heteroatoms. The lowest BCUT2D eigenvalue weighted by atomic mass is 9.71. The second-order valence-electron chi connectivity index (χ2n) is 10.4. The summed E-state index contributed by atoms with van der Waals surface area (Å²) in [6.45, 7) is 1.97. The molecule has 1 amide bonds. The molecule has 3 heterocycles. The van der Waals surface area contributed by atoms with E-state index in [9.17, 15) is 13.2 Å². The zero-order valence-corrected chi connectivity index (χ0v) is 24.6. The third kappa shape index (κ3) is 5.88. The number of amides is 1. The highest BCUT2D eigenvalue weighted by molar-refractivity contribution is 7.90. The molecule has 0 aliphatic heterocycles. The molecule has 7 nitrogen and oxygen atoms in total. The number of aromatic nitrogens is 2. The van der Waals surface area contributed by atoms with Crippen LogP contribution in [-0.4, -0.2) is 36.4 Å². The standard InChI is InChI=1S/C28H30Cl2N4O3S2/c1-27(16-19-17-32-21-10-4-3-9-20(19)21,34-39(36,37)22-15-24(29)38-25(22)30)26(35)33-18-28(12-6-2-7-13-28)23-11-5-8-14-31-23/h3-5,8-11,14-15,17,32,34H,2,6-7,12-13,16,18H2,1H3,(H,33,35)/t27-/m0/s1. The lowest BCUT2D eigenvalue weighted by Crippen LogP contribution is -2.59. The normalized spacial score (nSPS) is 17.1. The van der Waals surface area contributed by atoms with Gasteiger partial charge in [0, 0.05) is 47.4 Å². The molecule has 0 bridgehead atoms. The predicted octanol–water partition coefficient (Wildman–Crippen LogP) is 6.23. The Bertz CT molecular complexity index is 1580. The number of rotatable bonds is 9. The predicted molar refractivity (Wildman–Crippen MR) is 157 cm³/mol. The van der Waals surface area contributed by atoms with Crippen LogP contribution in [0.1, 0.15) is 50.3 Å². The first-order valence-corrected chi connectivity index (χ1v) is 15.9. The molecule has 3 N–H and O–H groups in total. The zero-order valence-electron chi connectivity index (χ0n) is 21.5. The summed E-state index contributed by atoms with van der Waals surface area (Å²) in [5, 5.41) is 4.04. The van der Waals surface area contributed by atoms with Gasteiger partial charge in [-0.05, 0) is 49.6 Å². The van der Waals surface area contributed by atoms with Crippen molar-refractivity contribution in [3.8, 4) is 0 Å². The van der Waals surface area contributed by atoms with Crippen molar-refractivity contribution < 1.29 is 13.2 Å². The Morgan fingerprint density at radius 2 is 1.87 bits per heavy atom. The van der Waals surface area contributed by atoms with E-state index in [1.165, 1.54) is 6.07 Å². The first-order valence-electron chi connectivity index (χ1n) is 12.9. The number of carbonyl (C=O) groups is 1. The van der Waals surface area contributed by atoms with Crippen molar-refractivity contribution in [2.24, 2.45) is 0 Å². The summed E-state index contributed by atoms with van der Waals surface area (Å²) in [6, 6.07) is 14.9. The van der Waals surface area contributed by atoms with Crippen molar-refractivity contribution in [2.75, 3.05) is 6.54 Å². The molecule has 5 rings (SSSR count). The maximum Gasteiger partial charge on any atom is 0.243 e. The topological polar surface area (TPSA) is 104 Å². The second kappa shape index (κ2) is 11.2. The molecule has 1 aliphatic rings. The molecule has 0 spiro atoms. The van der Waals surface area contributed by atoms with Crippen LogP contribution < -0.4 is 10.0 Å². The van der Waals surface area contributed by atoms with E-state index in [1.54, 1.807) is 13.1 Å². The van der Waals surface area contributed by atoms with Gasteiger partial charge >= 0.3 is 0 Å². The fourth-order valence-corrected chi connectivity index (χ4v) is 9.08. The van der Waals surface area contributed by atoms with Crippen LogP contribution in [0.4, 0.5) is 0 Å². The van der Waals surface area contributed by atoms with E-state index in [4.69, 9.17) is 23.2 Å². The number of halogens is 2. The fourth-order valence-electron chi connectivity index (χ4n) is 5.55. The number of hydrogen-bond acceptors (Lipinski definition) is 5. The summed E-state index contributed by atoms with van der Waals surface area (Å²) in [6.07, 6.45) is 8.75. The van der Waals surface area contributed by atoms with Crippen LogP contribution in [0.25, 0.3) is 10.9 Å². The minimum Gasteiger partial charge on any atom is -0.361 e. The average Bonchev–Trinajstić information content (AvgIpc) is 3.50. The maximum atomic E-state index is 14.0. The summed E-state index contributed by atoms with van der Waals surface area (Å²) in [7, 11) is -4.18. The smallest absolute Gasteiger partial charge is 0.243 e. The quantitative estimate of drug-likeness (QED) is 0.211. The summed E-state index contributed by atoms with van der Waals surface area (Å²) in [5.74, 6) is -0.422. The van der Waals surface area contributed by atoms with E-state index in [-0.39, 0.29) is 25.4 Å². The fraction of sp³-hybridized carbons (Fsp3) is 0.357. The summed E-state index contributed by atoms with van der Waals surface area (Å²) in [4.78, 5) is 21.7. The SMILES string of the molecule is C[C@@](Cc1c[nH]c2ccccc12)(NS(=O)(=O)c1cc(Cl)sc1Cl)C(=O)NCC1(c2ccccn2)CCCCC1. The van der Waals surface area contributed by atoms with Gasteiger partial charge in [-0.3, -0.25) is 9.78 Å². The molecule has 1 saturated carbocycles. The van der Waals surface area contributed by atoms with Gasteiger partial charge in [-0.15, -0.1) is 11.3 Å². The van der Waals surface area contributed by atoms with Gasteiger partial charge in [0.25, 0.3) is 0 Å². The molecule has 4 aromatic rings. The van der Waals surface area contributed by atoms with E-state index >= 15 is 0 Å². The third-order valence-corrected chi connectivity index (χ3v) is 10.9. The molecule has 1 fully saturated rings. The number of aromatic amines is 1. The van der Waals surface area contributed by atoms with Gasteiger partial charge in [-0.25, -0.2) is 8.42 Å². The van der Waals surface area contributed by atoms with Gasteiger partial charge in [-0.2, -0.15) is 4.72 Å². The average molecular weight is 606 g/mol. The summed E-state index contributed by atoms with van der Waals surface area (Å²) in [5.41, 5.74) is 0.838. The number of thiophene rings is 1. The zero-order chi connectivity index (χ0) is 27.7. The maximum absolute atomic E-state index is 14.0. The molecule has 0 saturated heterocycles. The number of benzene rings is 1.